The van der Waals surface area contributed by atoms with Crippen LogP contribution in [0.2, 0.25) is 0 Å². The van der Waals surface area contributed by atoms with Gasteiger partial charge in [0.05, 0.1) is 11.3 Å². The molecule has 0 heterocycles. The molecule has 0 aliphatic carbocycles. The third-order valence-corrected chi connectivity index (χ3v) is 4.33. The molecule has 0 bridgehead atoms. The highest BCUT2D eigenvalue weighted by Crippen LogP contribution is 2.46. The van der Waals surface area contributed by atoms with Gasteiger partial charge in [0.1, 0.15) is 12.4 Å². The van der Waals surface area contributed by atoms with Crippen molar-refractivity contribution in [2.75, 3.05) is 4.31 Å². The van der Waals surface area contributed by atoms with Crippen molar-refractivity contribution in [3.05, 3.63) is 59.7 Å². The second kappa shape index (κ2) is 8.45. The predicted molar refractivity (Wildman–Crippen MR) is 95.3 cm³/mol. The van der Waals surface area contributed by atoms with Crippen molar-refractivity contribution in [2.24, 2.45) is 0 Å². The predicted octanol–water partition coefficient (Wildman–Crippen LogP) is 5.78. The molecule has 0 aliphatic heterocycles. The fraction of sp³-hybridized carbons (Fsp3) is 0.188. The molecular formula is C16H11Cl2F4NO3S. The lowest BCUT2D eigenvalue weighted by Gasteiger charge is -2.28. The topological polar surface area (TPSA) is 49.8 Å². The van der Waals surface area contributed by atoms with Crippen LogP contribution in [0, 0.1) is 0 Å². The first-order chi connectivity index (χ1) is 12.5. The summed E-state index contributed by atoms with van der Waals surface area (Å²) in [6.07, 6.45) is -5.10. The van der Waals surface area contributed by atoms with E-state index in [1.54, 1.807) is 12.1 Å². The number of anilines is 1. The molecule has 2 aromatic carbocycles. The van der Waals surface area contributed by atoms with Gasteiger partial charge < -0.3 is 9.84 Å². The average molecular weight is 444 g/mol. The number of esters is 1. The lowest BCUT2D eigenvalue weighted by atomic mass is 10.1. The summed E-state index contributed by atoms with van der Waals surface area (Å²) in [5, 5.41) is 9.65. The maximum absolute atomic E-state index is 13.4. The first-order valence-electron chi connectivity index (χ1n) is 7.15. The van der Waals surface area contributed by atoms with E-state index in [4.69, 9.17) is 27.9 Å². The van der Waals surface area contributed by atoms with Gasteiger partial charge >= 0.3 is 16.2 Å². The van der Waals surface area contributed by atoms with E-state index in [-0.39, 0.29) is 17.9 Å². The van der Waals surface area contributed by atoms with Crippen LogP contribution in [0.1, 0.15) is 15.9 Å². The summed E-state index contributed by atoms with van der Waals surface area (Å²) in [4.78, 5) is 12.3. The number of carbonyl (C=O) groups is 1. The molecule has 146 valence electrons. The van der Waals surface area contributed by atoms with E-state index >= 15 is 0 Å². The van der Waals surface area contributed by atoms with E-state index in [0.717, 1.165) is 12.1 Å². The van der Waals surface area contributed by atoms with Gasteiger partial charge in [0, 0.05) is 17.5 Å². The summed E-state index contributed by atoms with van der Waals surface area (Å²) >= 11 is 9.54. The highest BCUT2D eigenvalue weighted by Gasteiger charge is 2.45. The number of halogens is 6. The minimum atomic E-state index is -5.10. The van der Waals surface area contributed by atoms with Crippen molar-refractivity contribution in [1.82, 2.24) is 0 Å². The van der Waals surface area contributed by atoms with Crippen molar-refractivity contribution >= 4 is 46.8 Å². The molecule has 0 aromatic heterocycles. The zero-order valence-electron chi connectivity index (χ0n) is 13.2. The van der Waals surface area contributed by atoms with Crippen molar-refractivity contribution < 1.29 is 32.2 Å². The molecular weight excluding hydrogens is 433 g/mol. The van der Waals surface area contributed by atoms with Crippen LogP contribution in [0.3, 0.4) is 0 Å². The first kappa shape index (κ1) is 21.5. The molecule has 27 heavy (non-hydrogen) atoms. The maximum atomic E-state index is 13.4. The van der Waals surface area contributed by atoms with E-state index in [9.17, 15) is 27.5 Å². The monoisotopic (exact) mass is 443 g/mol. The van der Waals surface area contributed by atoms with Gasteiger partial charge in [-0.15, -0.1) is 13.2 Å². The van der Waals surface area contributed by atoms with Crippen molar-refractivity contribution in [3.8, 4) is 5.75 Å². The Morgan fingerprint density at radius 1 is 1.07 bits per heavy atom. The summed E-state index contributed by atoms with van der Waals surface area (Å²) in [5.74, 6) is -1.25. The molecule has 0 atom stereocenters. The lowest BCUT2D eigenvalue weighted by molar-refractivity contribution is -0.114. The van der Waals surface area contributed by atoms with Crippen LogP contribution in [-0.2, 0) is 11.3 Å². The molecule has 0 unspecified atom stereocenters. The van der Waals surface area contributed by atoms with Gasteiger partial charge in [-0.25, -0.2) is 9.10 Å². The molecule has 0 saturated heterocycles. The maximum Gasteiger partial charge on any atom is 0.495 e. The van der Waals surface area contributed by atoms with Crippen molar-refractivity contribution in [2.45, 2.75) is 16.8 Å². The molecule has 1 N–H and O–H groups in total. The number of rotatable bonds is 6. The van der Waals surface area contributed by atoms with Crippen LogP contribution in [-0.4, -0.2) is 21.3 Å². The highest BCUT2D eigenvalue weighted by molar-refractivity contribution is 8.04. The Bertz CT molecular complexity index is 815. The number of aromatic hydroxyl groups is 1. The number of ether oxygens (including phenoxy) is 1. The summed E-state index contributed by atoms with van der Waals surface area (Å²) in [6, 6.07) is 10.5. The third kappa shape index (κ3) is 6.08. The second-order valence-electron chi connectivity index (χ2n) is 5.02. The van der Waals surface area contributed by atoms with E-state index < -0.39 is 43.7 Å². The Labute approximate surface area is 165 Å². The summed E-state index contributed by atoms with van der Waals surface area (Å²) in [5.41, 5.74) is -0.939. The van der Waals surface area contributed by atoms with Gasteiger partial charge in [-0.2, -0.15) is 4.39 Å². The van der Waals surface area contributed by atoms with Crippen LogP contribution in [0.4, 0.5) is 23.2 Å². The molecule has 0 saturated carbocycles. The van der Waals surface area contributed by atoms with Crippen LogP contribution in [0.5, 0.6) is 5.75 Å². The average Bonchev–Trinajstić information content (AvgIpc) is 2.57. The van der Waals surface area contributed by atoms with Crippen molar-refractivity contribution in [3.63, 3.8) is 0 Å². The van der Waals surface area contributed by atoms with Gasteiger partial charge in [0.2, 0.25) is 0 Å². The minimum absolute atomic E-state index is 0.141. The zero-order chi connectivity index (χ0) is 20.2. The summed E-state index contributed by atoms with van der Waals surface area (Å²) in [7, 11) is 0. The normalized spacial score (nSPS) is 11.9. The molecule has 0 fully saturated rings. The molecule has 11 heteroatoms. The Morgan fingerprint density at radius 3 is 2.26 bits per heavy atom. The standard InChI is InChI=1S/C16H11Cl2F4NO3S/c17-15(18,19)27-23(16(20,21)22)12-7-3-2-6-11(12)14(25)26-9-10-5-1-4-8-13(10)24/h1-8,24H,9H2. The van der Waals surface area contributed by atoms with Crippen LogP contribution < -0.4 is 4.31 Å². The lowest BCUT2D eigenvalue weighted by Crippen LogP contribution is -2.35. The van der Waals surface area contributed by atoms with Gasteiger partial charge in [-0.3, -0.25) is 0 Å². The number of phenols is 1. The number of hydrogen-bond acceptors (Lipinski definition) is 5. The van der Waals surface area contributed by atoms with Crippen molar-refractivity contribution in [1.29, 1.82) is 0 Å². The highest BCUT2D eigenvalue weighted by atomic mass is 35.5. The number of nitrogens with zero attached hydrogens (tertiary/aromatic N) is 1. The second-order valence-corrected chi connectivity index (χ2v) is 7.81. The zero-order valence-corrected chi connectivity index (χ0v) is 15.5. The Kier molecular flexibility index (Phi) is 6.72. The van der Waals surface area contributed by atoms with Gasteiger partial charge in [0.15, 0.2) is 0 Å². The number of carbonyl (C=O) groups excluding carboxylic acids is 1. The number of hydrogen-bond donors (Lipinski definition) is 1. The van der Waals surface area contributed by atoms with Crippen LogP contribution in [0.15, 0.2) is 48.5 Å². The van der Waals surface area contributed by atoms with E-state index in [2.05, 4.69) is 0 Å². The molecule has 0 aliphatic rings. The Balaban J connectivity index is 2.30. The fourth-order valence-corrected chi connectivity index (χ4v) is 3.00. The molecule has 0 amide bonds. The SMILES string of the molecule is O=C(OCc1ccccc1O)c1ccccc1N(SC(F)(Cl)Cl)C(F)(F)F. The molecule has 2 aromatic rings. The fourth-order valence-electron chi connectivity index (χ4n) is 2.02. The quantitative estimate of drug-likeness (QED) is 0.201. The minimum Gasteiger partial charge on any atom is -0.508 e. The number of phenolic OH excluding ortho intramolecular Hbond substituents is 1. The number of para-hydroxylation sites is 2. The van der Waals surface area contributed by atoms with Gasteiger partial charge in [0.25, 0.3) is 0 Å². The molecule has 4 nitrogen and oxygen atoms in total. The summed E-state index contributed by atoms with van der Waals surface area (Å²) < 4.78 is 54.6. The first-order valence-corrected chi connectivity index (χ1v) is 8.68. The molecule has 0 radical (unpaired) electrons. The van der Waals surface area contributed by atoms with Gasteiger partial charge in [-0.05, 0) is 18.2 Å². The number of alkyl halides is 6. The van der Waals surface area contributed by atoms with Gasteiger partial charge in [-0.1, -0.05) is 53.5 Å². The van der Waals surface area contributed by atoms with E-state index in [1.807, 2.05) is 0 Å². The molecule has 2 rings (SSSR count). The van der Waals surface area contributed by atoms with E-state index in [1.165, 1.54) is 24.3 Å². The van der Waals surface area contributed by atoms with E-state index in [0.29, 0.717) is 0 Å². The number of benzene rings is 2. The summed E-state index contributed by atoms with van der Waals surface area (Å²) in [6.45, 7) is -0.378. The van der Waals surface area contributed by atoms with Crippen LogP contribution >= 0.6 is 35.1 Å². The van der Waals surface area contributed by atoms with Crippen LogP contribution in [0.25, 0.3) is 0 Å². The molecule has 0 spiro atoms. The third-order valence-electron chi connectivity index (χ3n) is 3.12. The Hall–Kier alpha value is -1.84. The largest absolute Gasteiger partial charge is 0.508 e. The Morgan fingerprint density at radius 2 is 1.67 bits per heavy atom. The smallest absolute Gasteiger partial charge is 0.495 e.